The highest BCUT2D eigenvalue weighted by Gasteiger charge is 2.32. The van der Waals surface area contributed by atoms with Crippen LogP contribution in [0.5, 0.6) is 0 Å². The number of carbonyl (C=O) groups excluding carboxylic acids is 1. The van der Waals surface area contributed by atoms with E-state index >= 15 is 0 Å². The van der Waals surface area contributed by atoms with E-state index in [1.807, 2.05) is 6.92 Å². The van der Waals surface area contributed by atoms with Crippen LogP contribution >= 0.6 is 0 Å². The van der Waals surface area contributed by atoms with Crippen LogP contribution in [0, 0.1) is 5.92 Å². The minimum atomic E-state index is -3.67. The summed E-state index contributed by atoms with van der Waals surface area (Å²) in [5.41, 5.74) is 0.198. The third-order valence-corrected chi connectivity index (χ3v) is 5.58. The van der Waals surface area contributed by atoms with Crippen molar-refractivity contribution < 1.29 is 23.1 Å². The van der Waals surface area contributed by atoms with Gasteiger partial charge in [-0.2, -0.15) is 4.31 Å². The Morgan fingerprint density at radius 1 is 1.43 bits per heavy atom. The van der Waals surface area contributed by atoms with Crippen LogP contribution in [0.3, 0.4) is 0 Å². The number of aliphatic hydroxyl groups excluding tert-OH is 1. The van der Waals surface area contributed by atoms with E-state index in [2.05, 4.69) is 4.74 Å². The van der Waals surface area contributed by atoms with Gasteiger partial charge >= 0.3 is 5.97 Å². The van der Waals surface area contributed by atoms with E-state index in [9.17, 15) is 18.3 Å². The molecule has 1 fully saturated rings. The zero-order valence-electron chi connectivity index (χ0n) is 12.0. The molecule has 7 heteroatoms. The number of piperidine rings is 1. The molecule has 0 aromatic heterocycles. The normalized spacial score (nSPS) is 23.8. The van der Waals surface area contributed by atoms with E-state index in [1.165, 1.54) is 35.7 Å². The second-order valence-corrected chi connectivity index (χ2v) is 7.15. The van der Waals surface area contributed by atoms with Crippen molar-refractivity contribution in [3.63, 3.8) is 0 Å². The van der Waals surface area contributed by atoms with Gasteiger partial charge in [0.15, 0.2) is 0 Å². The summed E-state index contributed by atoms with van der Waals surface area (Å²) in [6, 6.07) is 5.79. The quantitative estimate of drug-likeness (QED) is 0.837. The standard InChI is InChI=1S/C14H19NO5S/c1-10-9-15(7-6-13(10)16)21(18,19)12-5-3-4-11(8-12)14(17)20-2/h3-5,8,10,13,16H,6-7,9H2,1-2H3. The van der Waals surface area contributed by atoms with Gasteiger partial charge in [0.05, 0.1) is 23.7 Å². The van der Waals surface area contributed by atoms with Crippen molar-refractivity contribution in [1.29, 1.82) is 0 Å². The highest BCUT2D eigenvalue weighted by Crippen LogP contribution is 2.24. The number of carbonyl (C=O) groups is 1. The van der Waals surface area contributed by atoms with Gasteiger partial charge in [-0.05, 0) is 30.5 Å². The molecule has 0 bridgehead atoms. The van der Waals surface area contributed by atoms with Crippen molar-refractivity contribution in [2.45, 2.75) is 24.3 Å². The number of benzene rings is 1. The van der Waals surface area contributed by atoms with Crippen LogP contribution in [-0.2, 0) is 14.8 Å². The Morgan fingerprint density at radius 3 is 2.76 bits per heavy atom. The number of esters is 1. The lowest BCUT2D eigenvalue weighted by Gasteiger charge is -2.33. The van der Waals surface area contributed by atoms with Crippen LogP contribution in [0.4, 0.5) is 0 Å². The summed E-state index contributed by atoms with van der Waals surface area (Å²) in [6.45, 7) is 2.36. The van der Waals surface area contributed by atoms with Crippen LogP contribution < -0.4 is 0 Å². The van der Waals surface area contributed by atoms with Gasteiger partial charge in [0.2, 0.25) is 10.0 Å². The lowest BCUT2D eigenvalue weighted by molar-refractivity contribution is 0.0600. The minimum Gasteiger partial charge on any atom is -0.465 e. The van der Waals surface area contributed by atoms with Crippen molar-refractivity contribution in [2.24, 2.45) is 5.92 Å². The Hall–Kier alpha value is -1.44. The fourth-order valence-corrected chi connectivity index (χ4v) is 3.97. The summed E-state index contributed by atoms with van der Waals surface area (Å²) in [5.74, 6) is -0.688. The van der Waals surface area contributed by atoms with E-state index in [-0.39, 0.29) is 29.5 Å². The molecule has 0 aliphatic carbocycles. The zero-order chi connectivity index (χ0) is 15.6. The van der Waals surface area contributed by atoms with Gasteiger partial charge in [0.25, 0.3) is 0 Å². The monoisotopic (exact) mass is 313 g/mol. The first-order valence-corrected chi connectivity index (χ1v) is 8.17. The maximum atomic E-state index is 12.6. The fourth-order valence-electron chi connectivity index (χ4n) is 2.36. The number of rotatable bonds is 3. The number of aliphatic hydroxyl groups is 1. The Kier molecular flexibility index (Phi) is 4.65. The van der Waals surface area contributed by atoms with E-state index in [0.29, 0.717) is 6.42 Å². The lowest BCUT2D eigenvalue weighted by atomic mass is 9.99. The average molecular weight is 313 g/mol. The Bertz CT molecular complexity index is 628. The molecule has 0 spiro atoms. The first-order chi connectivity index (χ1) is 9.86. The molecule has 1 N–H and O–H groups in total. The molecular formula is C14H19NO5S. The second kappa shape index (κ2) is 6.13. The molecule has 1 heterocycles. The molecular weight excluding hydrogens is 294 g/mol. The molecule has 6 nitrogen and oxygen atoms in total. The fraction of sp³-hybridized carbons (Fsp3) is 0.500. The van der Waals surface area contributed by atoms with E-state index in [4.69, 9.17) is 0 Å². The summed E-state index contributed by atoms with van der Waals surface area (Å²) in [6.07, 6.45) is -0.0604. The molecule has 0 saturated carbocycles. The Labute approximate surface area is 124 Å². The van der Waals surface area contributed by atoms with Crippen molar-refractivity contribution in [2.75, 3.05) is 20.2 Å². The summed E-state index contributed by atoms with van der Waals surface area (Å²) < 4.78 is 31.1. The summed E-state index contributed by atoms with van der Waals surface area (Å²) in [5, 5.41) is 9.70. The highest BCUT2D eigenvalue weighted by molar-refractivity contribution is 7.89. The zero-order valence-corrected chi connectivity index (χ0v) is 12.8. The molecule has 2 unspecified atom stereocenters. The van der Waals surface area contributed by atoms with Crippen LogP contribution in [0.25, 0.3) is 0 Å². The van der Waals surface area contributed by atoms with Gasteiger partial charge in [-0.1, -0.05) is 13.0 Å². The van der Waals surface area contributed by atoms with Gasteiger partial charge in [-0.3, -0.25) is 0 Å². The van der Waals surface area contributed by atoms with Crippen LogP contribution in [0.2, 0.25) is 0 Å². The minimum absolute atomic E-state index is 0.0639. The largest absolute Gasteiger partial charge is 0.465 e. The van der Waals surface area contributed by atoms with Crippen LogP contribution in [-0.4, -0.2) is 50.1 Å². The van der Waals surface area contributed by atoms with Crippen molar-refractivity contribution in [1.82, 2.24) is 4.31 Å². The maximum Gasteiger partial charge on any atom is 0.337 e. The van der Waals surface area contributed by atoms with Crippen LogP contribution in [0.15, 0.2) is 29.2 Å². The molecule has 1 saturated heterocycles. The summed E-state index contributed by atoms with van der Waals surface area (Å²) in [7, 11) is -2.42. The van der Waals surface area contributed by atoms with E-state index < -0.39 is 22.1 Å². The number of hydrogen-bond donors (Lipinski definition) is 1. The first-order valence-electron chi connectivity index (χ1n) is 6.73. The summed E-state index contributed by atoms with van der Waals surface area (Å²) in [4.78, 5) is 11.6. The maximum absolute atomic E-state index is 12.6. The molecule has 1 aromatic carbocycles. The van der Waals surface area contributed by atoms with E-state index in [0.717, 1.165) is 0 Å². The smallest absolute Gasteiger partial charge is 0.337 e. The average Bonchev–Trinajstić information content (AvgIpc) is 2.49. The molecule has 0 amide bonds. The summed E-state index contributed by atoms with van der Waals surface area (Å²) >= 11 is 0. The molecule has 2 atom stereocenters. The number of nitrogens with zero attached hydrogens (tertiary/aromatic N) is 1. The highest BCUT2D eigenvalue weighted by atomic mass is 32.2. The number of sulfonamides is 1. The number of methoxy groups -OCH3 is 1. The predicted octanol–water partition coefficient (Wildman–Crippen LogP) is 0.865. The molecule has 2 rings (SSSR count). The van der Waals surface area contributed by atoms with E-state index in [1.54, 1.807) is 0 Å². The van der Waals surface area contributed by atoms with Crippen molar-refractivity contribution >= 4 is 16.0 Å². The lowest BCUT2D eigenvalue weighted by Crippen LogP contribution is -2.44. The Morgan fingerprint density at radius 2 is 2.14 bits per heavy atom. The molecule has 0 radical (unpaired) electrons. The topological polar surface area (TPSA) is 83.9 Å². The van der Waals surface area contributed by atoms with Gasteiger partial charge in [-0.25, -0.2) is 13.2 Å². The number of hydrogen-bond acceptors (Lipinski definition) is 5. The molecule has 21 heavy (non-hydrogen) atoms. The van der Waals surface area contributed by atoms with Crippen LogP contribution in [0.1, 0.15) is 23.7 Å². The third-order valence-electron chi connectivity index (χ3n) is 3.72. The molecule has 116 valence electrons. The van der Waals surface area contributed by atoms with Crippen molar-refractivity contribution in [3.8, 4) is 0 Å². The van der Waals surface area contributed by atoms with Gasteiger partial charge in [-0.15, -0.1) is 0 Å². The SMILES string of the molecule is COC(=O)c1cccc(S(=O)(=O)N2CCC(O)C(C)C2)c1. The predicted molar refractivity (Wildman–Crippen MR) is 76.3 cm³/mol. The Balaban J connectivity index is 2.30. The number of ether oxygens (including phenoxy) is 1. The van der Waals surface area contributed by atoms with Gasteiger partial charge < -0.3 is 9.84 Å². The first kappa shape index (κ1) is 15.9. The third kappa shape index (κ3) is 3.25. The molecule has 1 aliphatic heterocycles. The molecule has 1 aromatic rings. The second-order valence-electron chi connectivity index (χ2n) is 5.22. The van der Waals surface area contributed by atoms with Crippen molar-refractivity contribution in [3.05, 3.63) is 29.8 Å². The molecule has 1 aliphatic rings. The van der Waals surface area contributed by atoms with Gasteiger partial charge in [0.1, 0.15) is 0 Å². The van der Waals surface area contributed by atoms with Gasteiger partial charge in [0, 0.05) is 13.1 Å².